The molecule has 0 aliphatic rings. The molecule has 1 atom stereocenters. The summed E-state index contributed by atoms with van der Waals surface area (Å²) in [6.45, 7) is 9.67. The Morgan fingerprint density at radius 1 is 1.28 bits per heavy atom. The van der Waals surface area contributed by atoms with Gasteiger partial charge in [0.15, 0.2) is 0 Å². The van der Waals surface area contributed by atoms with E-state index in [1.165, 1.54) is 5.56 Å². The van der Waals surface area contributed by atoms with Crippen LogP contribution in [0.15, 0.2) is 24.3 Å². The van der Waals surface area contributed by atoms with Crippen LogP contribution < -0.4 is 5.32 Å². The molecule has 3 heteroatoms. The van der Waals surface area contributed by atoms with Gasteiger partial charge in [-0.15, -0.1) is 0 Å². The molecule has 0 fully saturated rings. The van der Waals surface area contributed by atoms with Crippen LogP contribution in [0.3, 0.4) is 0 Å². The molecule has 0 spiro atoms. The maximum atomic E-state index is 11.7. The van der Waals surface area contributed by atoms with Crippen molar-refractivity contribution in [3.8, 4) is 0 Å². The van der Waals surface area contributed by atoms with E-state index >= 15 is 0 Å². The second-order valence-electron chi connectivity index (χ2n) is 5.52. The fraction of sp³-hybridized carbons (Fsp3) is 0.533. The number of hydrogen-bond acceptors (Lipinski definition) is 2. The molecule has 18 heavy (non-hydrogen) atoms. The van der Waals surface area contributed by atoms with Crippen molar-refractivity contribution in [3.63, 3.8) is 0 Å². The van der Waals surface area contributed by atoms with Gasteiger partial charge in [0.25, 0.3) is 0 Å². The number of carbonyl (C=O) groups excluding carboxylic acids is 1. The van der Waals surface area contributed by atoms with Crippen molar-refractivity contribution in [2.24, 2.45) is 0 Å². The molecule has 1 N–H and O–H groups in total. The molecule has 3 nitrogen and oxygen atoms in total. The molecular formula is C15H23NO2. The van der Waals surface area contributed by atoms with Gasteiger partial charge < -0.3 is 10.1 Å². The lowest BCUT2D eigenvalue weighted by atomic mass is 10.0. The lowest BCUT2D eigenvalue weighted by Crippen LogP contribution is -2.34. The normalized spacial score (nSPS) is 12.9. The van der Waals surface area contributed by atoms with Crippen molar-refractivity contribution in [2.45, 2.75) is 52.7 Å². The van der Waals surface area contributed by atoms with Crippen LogP contribution in [0.5, 0.6) is 0 Å². The maximum absolute atomic E-state index is 11.7. The van der Waals surface area contributed by atoms with E-state index in [0.29, 0.717) is 0 Å². The molecule has 1 aromatic carbocycles. The number of carbonyl (C=O) groups is 1. The first kappa shape index (κ1) is 14.6. The summed E-state index contributed by atoms with van der Waals surface area (Å²) in [4.78, 5) is 11.7. The van der Waals surface area contributed by atoms with Gasteiger partial charge in [-0.1, -0.05) is 36.8 Å². The van der Waals surface area contributed by atoms with Gasteiger partial charge in [-0.2, -0.15) is 0 Å². The Balaban J connectivity index is 2.68. The third-order valence-electron chi connectivity index (χ3n) is 2.58. The second-order valence-corrected chi connectivity index (χ2v) is 5.52. The molecule has 0 aliphatic carbocycles. The highest BCUT2D eigenvalue weighted by Crippen LogP contribution is 2.18. The Kier molecular flexibility index (Phi) is 4.76. The smallest absolute Gasteiger partial charge is 0.408 e. The number of amides is 1. The van der Waals surface area contributed by atoms with E-state index in [0.717, 1.165) is 12.0 Å². The summed E-state index contributed by atoms with van der Waals surface area (Å²) >= 11 is 0. The number of benzene rings is 1. The van der Waals surface area contributed by atoms with Crippen molar-refractivity contribution in [1.82, 2.24) is 5.32 Å². The van der Waals surface area contributed by atoms with Crippen molar-refractivity contribution in [3.05, 3.63) is 35.4 Å². The summed E-state index contributed by atoms with van der Waals surface area (Å²) in [7, 11) is 0. The van der Waals surface area contributed by atoms with Crippen LogP contribution in [0, 0.1) is 6.92 Å². The fourth-order valence-electron chi connectivity index (χ4n) is 1.67. The molecule has 100 valence electrons. The summed E-state index contributed by atoms with van der Waals surface area (Å²) in [5, 5.41) is 2.90. The average molecular weight is 249 g/mol. The highest BCUT2D eigenvalue weighted by atomic mass is 16.6. The van der Waals surface area contributed by atoms with E-state index < -0.39 is 5.60 Å². The zero-order valence-electron chi connectivity index (χ0n) is 11.9. The molecule has 0 saturated carbocycles. The van der Waals surface area contributed by atoms with Gasteiger partial charge in [-0.3, -0.25) is 0 Å². The molecule has 0 aliphatic heterocycles. The number of ether oxygens (including phenoxy) is 1. The van der Waals surface area contributed by atoms with E-state index in [1.54, 1.807) is 0 Å². The number of nitrogens with one attached hydrogen (secondary N) is 1. The molecule has 1 amide bonds. The van der Waals surface area contributed by atoms with Crippen LogP contribution in [-0.2, 0) is 4.74 Å². The Morgan fingerprint density at radius 2 is 1.83 bits per heavy atom. The Bertz CT molecular complexity index is 390. The molecule has 1 aromatic rings. The Labute approximate surface area is 110 Å². The van der Waals surface area contributed by atoms with Crippen LogP contribution >= 0.6 is 0 Å². The first-order valence-electron chi connectivity index (χ1n) is 6.38. The number of aryl methyl sites for hydroxylation is 1. The lowest BCUT2D eigenvalue weighted by molar-refractivity contribution is 0.0502. The van der Waals surface area contributed by atoms with Crippen molar-refractivity contribution in [1.29, 1.82) is 0 Å². The van der Waals surface area contributed by atoms with Crippen molar-refractivity contribution >= 4 is 6.09 Å². The molecule has 0 bridgehead atoms. The van der Waals surface area contributed by atoms with Crippen LogP contribution in [0.1, 0.15) is 51.3 Å². The summed E-state index contributed by atoms with van der Waals surface area (Å²) in [5.74, 6) is 0. The molecule has 0 radical (unpaired) electrons. The van der Waals surface area contributed by atoms with E-state index in [9.17, 15) is 4.79 Å². The first-order chi connectivity index (χ1) is 8.31. The average Bonchev–Trinajstić information content (AvgIpc) is 2.25. The van der Waals surface area contributed by atoms with E-state index in [4.69, 9.17) is 4.74 Å². The highest BCUT2D eigenvalue weighted by molar-refractivity contribution is 5.68. The van der Waals surface area contributed by atoms with E-state index in [-0.39, 0.29) is 12.1 Å². The Morgan fingerprint density at radius 3 is 2.28 bits per heavy atom. The number of rotatable bonds is 3. The van der Waals surface area contributed by atoms with Gasteiger partial charge in [-0.25, -0.2) is 4.79 Å². The minimum absolute atomic E-state index is 0.000417. The number of hydrogen-bond donors (Lipinski definition) is 1. The predicted molar refractivity (Wildman–Crippen MR) is 73.6 cm³/mol. The Hall–Kier alpha value is -1.51. The quantitative estimate of drug-likeness (QED) is 0.880. The second kappa shape index (κ2) is 5.89. The van der Waals surface area contributed by atoms with Crippen molar-refractivity contribution < 1.29 is 9.53 Å². The third kappa shape index (κ3) is 4.78. The molecule has 1 rings (SSSR count). The fourth-order valence-corrected chi connectivity index (χ4v) is 1.67. The molecule has 0 aromatic heterocycles. The largest absolute Gasteiger partial charge is 0.444 e. The summed E-state index contributed by atoms with van der Waals surface area (Å²) in [6, 6.07) is 8.19. The van der Waals surface area contributed by atoms with Crippen LogP contribution in [0.2, 0.25) is 0 Å². The molecule has 0 unspecified atom stereocenters. The minimum atomic E-state index is -0.463. The molecule has 0 saturated heterocycles. The summed E-state index contributed by atoms with van der Waals surface area (Å²) in [6.07, 6.45) is 0.470. The summed E-state index contributed by atoms with van der Waals surface area (Å²) in [5.41, 5.74) is 1.86. The van der Waals surface area contributed by atoms with E-state index in [1.807, 2.05) is 46.8 Å². The molecule has 0 heterocycles. The highest BCUT2D eigenvalue weighted by Gasteiger charge is 2.19. The van der Waals surface area contributed by atoms with Gasteiger partial charge in [-0.05, 0) is 39.7 Å². The van der Waals surface area contributed by atoms with Gasteiger partial charge in [0.05, 0.1) is 6.04 Å². The standard InChI is InChI=1S/C15H23NO2/c1-6-13(12-9-7-11(2)8-10-12)16-14(17)18-15(3,4)5/h7-10,13H,6H2,1-5H3,(H,16,17)/t13-/m0/s1. The molecular weight excluding hydrogens is 226 g/mol. The topological polar surface area (TPSA) is 38.3 Å². The monoisotopic (exact) mass is 249 g/mol. The maximum Gasteiger partial charge on any atom is 0.408 e. The van der Waals surface area contributed by atoms with Gasteiger partial charge in [0.1, 0.15) is 5.60 Å². The van der Waals surface area contributed by atoms with Gasteiger partial charge in [0.2, 0.25) is 0 Å². The first-order valence-corrected chi connectivity index (χ1v) is 6.38. The third-order valence-corrected chi connectivity index (χ3v) is 2.58. The minimum Gasteiger partial charge on any atom is -0.444 e. The lowest BCUT2D eigenvalue weighted by Gasteiger charge is -2.23. The number of alkyl carbamates (subject to hydrolysis) is 1. The predicted octanol–water partition coefficient (Wildman–Crippen LogP) is 3.97. The van der Waals surface area contributed by atoms with Crippen LogP contribution in [0.25, 0.3) is 0 Å². The zero-order chi connectivity index (χ0) is 13.8. The van der Waals surface area contributed by atoms with Gasteiger partial charge in [0, 0.05) is 0 Å². The zero-order valence-corrected chi connectivity index (χ0v) is 11.9. The summed E-state index contributed by atoms with van der Waals surface area (Å²) < 4.78 is 5.27. The van der Waals surface area contributed by atoms with Crippen LogP contribution in [-0.4, -0.2) is 11.7 Å². The SMILES string of the molecule is CC[C@H](NC(=O)OC(C)(C)C)c1ccc(C)cc1. The van der Waals surface area contributed by atoms with Crippen LogP contribution in [0.4, 0.5) is 4.79 Å². The van der Waals surface area contributed by atoms with Crippen molar-refractivity contribution in [2.75, 3.05) is 0 Å². The van der Waals surface area contributed by atoms with Gasteiger partial charge >= 0.3 is 6.09 Å². The van der Waals surface area contributed by atoms with E-state index in [2.05, 4.69) is 17.4 Å².